The fraction of sp³-hybridized carbons (Fsp3) is 1.00. The Morgan fingerprint density at radius 3 is 2.30 bits per heavy atom. The normalized spacial score (nSPS) is 40.1. The molecule has 2 unspecified atom stereocenters. The van der Waals surface area contributed by atoms with E-state index < -0.39 is 0 Å². The lowest BCUT2D eigenvalue weighted by Gasteiger charge is -2.38. The molecule has 0 saturated heterocycles. The molecule has 0 amide bonds. The quantitative estimate of drug-likeness (QED) is 0.448. The third-order valence-corrected chi connectivity index (χ3v) is 3.55. The molecule has 0 heterocycles. The Balaban J connectivity index is 2.26. The predicted octanol–water partition coefficient (Wildman–Crippen LogP) is 2.76. The number of nitrogens with zero attached hydrogens (tertiary/aromatic N) is 2. The molecule has 1 aliphatic carbocycles. The summed E-state index contributed by atoms with van der Waals surface area (Å²) in [7, 11) is 1.72. The summed E-state index contributed by atoms with van der Waals surface area (Å²) in [6, 6.07) is 0. The molecule has 1 saturated carbocycles. The van der Waals surface area contributed by atoms with Gasteiger partial charge in [0.05, 0.1) is 0 Å². The number of hydrogen-bond donors (Lipinski definition) is 0. The lowest BCUT2D eigenvalue weighted by atomic mass is 9.77. The molecule has 0 N–H and O–H groups in total. The molecule has 0 spiro atoms. The van der Waals surface area contributed by atoms with Crippen LogP contribution in [0.3, 0.4) is 0 Å². The zero-order chi connectivity index (χ0) is 7.56. The van der Waals surface area contributed by atoms with Gasteiger partial charge in [0.25, 0.3) is 0 Å². The summed E-state index contributed by atoms with van der Waals surface area (Å²) in [6.45, 7) is 4.56. The van der Waals surface area contributed by atoms with Gasteiger partial charge in [-0.2, -0.15) is 5.11 Å². The van der Waals surface area contributed by atoms with Gasteiger partial charge in [-0.1, -0.05) is 13.8 Å². The SMILES string of the molecule is CN=NSC1C(C)CC1C. The fourth-order valence-corrected chi connectivity index (χ4v) is 2.37. The fourth-order valence-electron chi connectivity index (χ4n) is 1.53. The Kier molecular flexibility index (Phi) is 2.72. The van der Waals surface area contributed by atoms with Crippen molar-refractivity contribution in [3.8, 4) is 0 Å². The minimum Gasteiger partial charge on any atom is -0.185 e. The molecular formula is C7H14N2S. The Labute approximate surface area is 66.6 Å². The third kappa shape index (κ3) is 1.51. The zero-order valence-corrected chi connectivity index (χ0v) is 7.56. The van der Waals surface area contributed by atoms with Gasteiger partial charge in [0.15, 0.2) is 0 Å². The van der Waals surface area contributed by atoms with Crippen molar-refractivity contribution in [3.05, 3.63) is 0 Å². The molecular weight excluding hydrogens is 144 g/mol. The van der Waals surface area contributed by atoms with Crippen LogP contribution in [-0.4, -0.2) is 12.3 Å². The standard InChI is InChI=1S/C7H14N2S/c1-5-4-6(2)7(5)10-9-8-3/h5-7H,4H2,1-3H3. The van der Waals surface area contributed by atoms with Crippen molar-refractivity contribution < 1.29 is 0 Å². The summed E-state index contributed by atoms with van der Waals surface area (Å²) >= 11 is 1.64. The van der Waals surface area contributed by atoms with E-state index in [1.54, 1.807) is 19.0 Å². The monoisotopic (exact) mass is 158 g/mol. The summed E-state index contributed by atoms with van der Waals surface area (Å²) in [5.74, 6) is 1.68. The third-order valence-electron chi connectivity index (χ3n) is 2.12. The highest BCUT2D eigenvalue weighted by molar-refractivity contribution is 7.98. The maximum atomic E-state index is 3.94. The van der Waals surface area contributed by atoms with E-state index in [0.717, 1.165) is 17.1 Å². The zero-order valence-electron chi connectivity index (χ0n) is 6.74. The van der Waals surface area contributed by atoms with Crippen molar-refractivity contribution >= 4 is 11.9 Å². The van der Waals surface area contributed by atoms with Gasteiger partial charge < -0.3 is 0 Å². The van der Waals surface area contributed by atoms with Crippen LogP contribution in [-0.2, 0) is 0 Å². The molecule has 2 nitrogen and oxygen atoms in total. The van der Waals surface area contributed by atoms with Crippen molar-refractivity contribution in [3.63, 3.8) is 0 Å². The first kappa shape index (κ1) is 8.05. The van der Waals surface area contributed by atoms with Crippen LogP contribution in [0.2, 0.25) is 0 Å². The van der Waals surface area contributed by atoms with E-state index in [1.165, 1.54) is 6.42 Å². The minimum atomic E-state index is 0.726. The molecule has 1 fully saturated rings. The van der Waals surface area contributed by atoms with Crippen molar-refractivity contribution in [1.29, 1.82) is 0 Å². The highest BCUT2D eigenvalue weighted by Crippen LogP contribution is 2.42. The van der Waals surface area contributed by atoms with E-state index in [9.17, 15) is 0 Å². The highest BCUT2D eigenvalue weighted by atomic mass is 32.2. The second-order valence-electron chi connectivity index (χ2n) is 3.04. The number of hydrogen-bond acceptors (Lipinski definition) is 3. The number of rotatable bonds is 2. The topological polar surface area (TPSA) is 24.7 Å². The highest BCUT2D eigenvalue weighted by Gasteiger charge is 2.35. The molecule has 0 aromatic heterocycles. The van der Waals surface area contributed by atoms with Crippen LogP contribution in [0, 0.1) is 11.8 Å². The van der Waals surface area contributed by atoms with Crippen LogP contribution in [0.1, 0.15) is 20.3 Å². The van der Waals surface area contributed by atoms with Crippen molar-refractivity contribution in [2.45, 2.75) is 25.5 Å². The molecule has 2 atom stereocenters. The molecule has 0 bridgehead atoms. The van der Waals surface area contributed by atoms with E-state index in [4.69, 9.17) is 0 Å². The first-order chi connectivity index (χ1) is 4.75. The van der Waals surface area contributed by atoms with Gasteiger partial charge >= 0.3 is 0 Å². The lowest BCUT2D eigenvalue weighted by Crippen LogP contribution is -2.35. The van der Waals surface area contributed by atoms with E-state index in [-0.39, 0.29) is 0 Å². The van der Waals surface area contributed by atoms with Crippen LogP contribution in [0.15, 0.2) is 9.63 Å². The average molecular weight is 158 g/mol. The molecule has 0 aliphatic heterocycles. The molecule has 0 aromatic carbocycles. The Bertz CT molecular complexity index is 128. The summed E-state index contributed by atoms with van der Waals surface area (Å²) < 4.78 is 3.94. The van der Waals surface area contributed by atoms with Crippen molar-refractivity contribution in [1.82, 2.24) is 0 Å². The molecule has 0 aromatic rings. The second-order valence-corrected chi connectivity index (χ2v) is 3.96. The smallest absolute Gasteiger partial charge is 0.0498 e. The van der Waals surface area contributed by atoms with Gasteiger partial charge in [0, 0.05) is 24.2 Å². The van der Waals surface area contributed by atoms with Crippen LogP contribution >= 0.6 is 11.9 Å². The lowest BCUT2D eigenvalue weighted by molar-refractivity contribution is 0.249. The van der Waals surface area contributed by atoms with Gasteiger partial charge in [-0.25, -0.2) is 0 Å². The molecule has 10 heavy (non-hydrogen) atoms. The largest absolute Gasteiger partial charge is 0.185 e. The van der Waals surface area contributed by atoms with E-state index in [2.05, 4.69) is 23.5 Å². The van der Waals surface area contributed by atoms with E-state index in [1.807, 2.05) is 0 Å². The van der Waals surface area contributed by atoms with Crippen molar-refractivity contribution in [2.24, 2.45) is 21.5 Å². The molecule has 3 heteroatoms. The van der Waals surface area contributed by atoms with Gasteiger partial charge in [0.1, 0.15) is 0 Å². The Hall–Kier alpha value is -0.0500. The van der Waals surface area contributed by atoms with E-state index in [0.29, 0.717) is 0 Å². The Morgan fingerprint density at radius 1 is 1.30 bits per heavy atom. The minimum absolute atomic E-state index is 0.726. The summed E-state index contributed by atoms with van der Waals surface area (Å²) in [5.41, 5.74) is 0. The van der Waals surface area contributed by atoms with Gasteiger partial charge in [-0.15, -0.1) is 4.52 Å². The first-order valence-corrected chi connectivity index (χ1v) is 4.54. The van der Waals surface area contributed by atoms with Crippen molar-refractivity contribution in [2.75, 3.05) is 7.05 Å². The van der Waals surface area contributed by atoms with Gasteiger partial charge in [0.2, 0.25) is 0 Å². The molecule has 0 radical (unpaired) electrons. The van der Waals surface area contributed by atoms with Gasteiger partial charge in [-0.05, 0) is 18.3 Å². The molecule has 58 valence electrons. The summed E-state index contributed by atoms with van der Waals surface area (Å²) in [6.07, 6.45) is 1.36. The second kappa shape index (κ2) is 3.37. The van der Waals surface area contributed by atoms with Crippen LogP contribution in [0.4, 0.5) is 0 Å². The molecule has 1 aliphatic rings. The van der Waals surface area contributed by atoms with Gasteiger partial charge in [-0.3, -0.25) is 0 Å². The maximum absolute atomic E-state index is 3.94. The van der Waals surface area contributed by atoms with Crippen LogP contribution < -0.4 is 0 Å². The van der Waals surface area contributed by atoms with Crippen LogP contribution in [0.5, 0.6) is 0 Å². The molecule has 1 rings (SSSR count). The maximum Gasteiger partial charge on any atom is 0.0498 e. The Morgan fingerprint density at radius 2 is 1.90 bits per heavy atom. The van der Waals surface area contributed by atoms with Crippen LogP contribution in [0.25, 0.3) is 0 Å². The first-order valence-electron chi connectivity index (χ1n) is 3.70. The average Bonchev–Trinajstić information content (AvgIpc) is 1.89. The summed E-state index contributed by atoms with van der Waals surface area (Å²) in [5, 5.41) is 4.44. The predicted molar refractivity (Wildman–Crippen MR) is 45.1 cm³/mol. The van der Waals surface area contributed by atoms with E-state index >= 15 is 0 Å². The summed E-state index contributed by atoms with van der Waals surface area (Å²) in [4.78, 5) is 0.